The van der Waals surface area contributed by atoms with Crippen molar-refractivity contribution in [3.8, 4) is 0 Å². The summed E-state index contributed by atoms with van der Waals surface area (Å²) in [5.41, 5.74) is 0. The van der Waals surface area contributed by atoms with Gasteiger partial charge in [-0.05, 0) is 58.2 Å². The third-order valence-electron chi connectivity index (χ3n) is 6.66. The van der Waals surface area contributed by atoms with Crippen LogP contribution >= 0.6 is 0 Å². The number of nitrogens with one attached hydrogen (secondary N) is 1. The Labute approximate surface area is 170 Å². The lowest BCUT2D eigenvalue weighted by Crippen LogP contribution is -2.50. The molecule has 2 unspecified atom stereocenters. The monoisotopic (exact) mass is 396 g/mol. The third kappa shape index (κ3) is 6.62. The van der Waals surface area contributed by atoms with Gasteiger partial charge in [0.05, 0.1) is 6.54 Å². The fourth-order valence-corrected chi connectivity index (χ4v) is 4.87. The molecule has 0 aromatic carbocycles. The number of likely N-dealkylation sites (N-methyl/N-ethyl adjacent to an activating group) is 1. The van der Waals surface area contributed by atoms with Crippen molar-refractivity contribution in [2.24, 2.45) is 5.92 Å². The molecule has 2 amide bonds. The minimum Gasteiger partial charge on any atom is -0.480 e. The summed E-state index contributed by atoms with van der Waals surface area (Å²) in [7, 11) is 1.87. The highest BCUT2D eigenvalue weighted by Gasteiger charge is 2.29. The average molecular weight is 397 g/mol. The van der Waals surface area contributed by atoms with Gasteiger partial charge < -0.3 is 15.3 Å². The molecule has 0 aromatic rings. The maximum absolute atomic E-state index is 12.8. The van der Waals surface area contributed by atoms with Gasteiger partial charge in [-0.3, -0.25) is 14.6 Å². The number of amides is 2. The minimum atomic E-state index is -0.796. The number of nitrogens with zero attached hydrogens (tertiary/aromatic N) is 3. The van der Waals surface area contributed by atoms with Crippen molar-refractivity contribution < 1.29 is 14.7 Å². The predicted molar refractivity (Wildman–Crippen MR) is 112 cm³/mol. The van der Waals surface area contributed by atoms with Gasteiger partial charge in [0, 0.05) is 31.7 Å². The number of likely N-dealkylation sites (tertiary alicyclic amines) is 2. The number of rotatable bonds is 9. The fraction of sp³-hybridized carbons (Fsp3) is 0.905. The smallest absolute Gasteiger partial charge is 0.317 e. The zero-order valence-electron chi connectivity index (χ0n) is 18.0. The van der Waals surface area contributed by atoms with E-state index in [1.54, 1.807) is 0 Å². The van der Waals surface area contributed by atoms with Crippen molar-refractivity contribution in [3.63, 3.8) is 0 Å². The Morgan fingerprint density at radius 3 is 2.36 bits per heavy atom. The summed E-state index contributed by atoms with van der Waals surface area (Å²) in [6.07, 6.45) is 7.52. The van der Waals surface area contributed by atoms with Crippen molar-refractivity contribution in [1.82, 2.24) is 20.0 Å². The topological polar surface area (TPSA) is 76.1 Å². The van der Waals surface area contributed by atoms with Gasteiger partial charge in [-0.15, -0.1) is 0 Å². The largest absolute Gasteiger partial charge is 0.480 e. The first-order valence-electron chi connectivity index (χ1n) is 11.1. The first-order valence-corrected chi connectivity index (χ1v) is 11.1. The van der Waals surface area contributed by atoms with E-state index in [2.05, 4.69) is 24.1 Å². The second-order valence-corrected chi connectivity index (χ2v) is 8.45. The molecule has 162 valence electrons. The van der Waals surface area contributed by atoms with Crippen LogP contribution in [-0.2, 0) is 4.79 Å². The number of urea groups is 1. The summed E-state index contributed by atoms with van der Waals surface area (Å²) in [5, 5.41) is 12.2. The molecular formula is C21H40N4O3. The molecule has 2 N–H and O–H groups in total. The lowest BCUT2D eigenvalue weighted by molar-refractivity contribution is -0.138. The van der Waals surface area contributed by atoms with Crippen molar-refractivity contribution in [2.75, 3.05) is 46.3 Å². The first-order chi connectivity index (χ1) is 13.5. The number of hydrogen-bond donors (Lipinski definition) is 2. The summed E-state index contributed by atoms with van der Waals surface area (Å²) in [6, 6.07) is 0.704. The molecule has 2 aliphatic rings. The third-order valence-corrected chi connectivity index (χ3v) is 6.66. The zero-order chi connectivity index (χ0) is 20.5. The van der Waals surface area contributed by atoms with Crippen LogP contribution in [0.3, 0.4) is 0 Å². The van der Waals surface area contributed by atoms with Gasteiger partial charge in [0.15, 0.2) is 0 Å². The molecule has 2 rings (SSSR count). The minimum absolute atomic E-state index is 0.0386. The standard InChI is InChI=1S/C21H40N4O3/c1-4-17(5-2)19(24-11-6-7-12-24)15-22-21(28)25-13-8-9-18(10-14-25)23(3)16-20(26)27/h17-19H,4-16H2,1-3H3,(H,22,28)(H,26,27). The van der Waals surface area contributed by atoms with Gasteiger partial charge in [0.25, 0.3) is 0 Å². The van der Waals surface area contributed by atoms with E-state index < -0.39 is 5.97 Å². The van der Waals surface area contributed by atoms with E-state index in [4.69, 9.17) is 5.11 Å². The average Bonchev–Trinajstić information content (AvgIpc) is 3.07. The molecule has 0 aromatic heterocycles. The van der Waals surface area contributed by atoms with Gasteiger partial charge >= 0.3 is 12.0 Å². The van der Waals surface area contributed by atoms with Crippen LogP contribution in [0.5, 0.6) is 0 Å². The van der Waals surface area contributed by atoms with Crippen LogP contribution in [0.25, 0.3) is 0 Å². The van der Waals surface area contributed by atoms with Crippen LogP contribution in [0.1, 0.15) is 58.8 Å². The van der Waals surface area contributed by atoms with E-state index >= 15 is 0 Å². The zero-order valence-corrected chi connectivity index (χ0v) is 18.0. The maximum atomic E-state index is 12.8. The lowest BCUT2D eigenvalue weighted by atomic mass is 9.93. The molecule has 28 heavy (non-hydrogen) atoms. The normalized spacial score (nSPS) is 22.5. The Hall–Kier alpha value is -1.34. The molecule has 0 spiro atoms. The van der Waals surface area contributed by atoms with Gasteiger partial charge in [0.1, 0.15) is 0 Å². The second kappa shape index (κ2) is 11.6. The summed E-state index contributed by atoms with van der Waals surface area (Å²) in [4.78, 5) is 30.2. The summed E-state index contributed by atoms with van der Waals surface area (Å²) >= 11 is 0. The molecule has 2 saturated heterocycles. The Kier molecular flexibility index (Phi) is 9.51. The highest BCUT2D eigenvalue weighted by Crippen LogP contribution is 2.22. The molecule has 0 radical (unpaired) electrons. The van der Waals surface area contributed by atoms with Crippen molar-refractivity contribution in [1.29, 1.82) is 0 Å². The van der Waals surface area contributed by atoms with Crippen LogP contribution in [0, 0.1) is 5.92 Å². The van der Waals surface area contributed by atoms with Crippen LogP contribution in [0.15, 0.2) is 0 Å². The van der Waals surface area contributed by atoms with Crippen molar-refractivity contribution >= 4 is 12.0 Å². The Bertz CT molecular complexity index is 490. The van der Waals surface area contributed by atoms with Crippen molar-refractivity contribution in [2.45, 2.75) is 70.9 Å². The van der Waals surface area contributed by atoms with Gasteiger partial charge in [-0.25, -0.2) is 4.79 Å². The molecular weight excluding hydrogens is 356 g/mol. The fourth-order valence-electron chi connectivity index (χ4n) is 4.87. The molecule has 7 heteroatoms. The Morgan fingerprint density at radius 1 is 1.07 bits per heavy atom. The molecule has 2 aliphatic heterocycles. The number of aliphatic carboxylic acids is 1. The summed E-state index contributed by atoms with van der Waals surface area (Å²) < 4.78 is 0. The Balaban J connectivity index is 1.86. The maximum Gasteiger partial charge on any atom is 0.317 e. The van der Waals surface area contributed by atoms with E-state index in [0.29, 0.717) is 18.5 Å². The number of carboxylic acid groups (broad SMARTS) is 1. The molecule has 0 aliphatic carbocycles. The van der Waals surface area contributed by atoms with E-state index in [9.17, 15) is 9.59 Å². The number of carboxylic acids is 1. The number of hydrogen-bond acceptors (Lipinski definition) is 4. The summed E-state index contributed by atoms with van der Waals surface area (Å²) in [6.45, 7) is 9.04. The summed E-state index contributed by atoms with van der Waals surface area (Å²) in [5.74, 6) is -0.174. The van der Waals surface area contributed by atoms with E-state index in [1.165, 1.54) is 12.8 Å². The SMILES string of the molecule is CCC(CC)C(CNC(=O)N1CCCC(N(C)CC(=O)O)CC1)N1CCCC1. The van der Waals surface area contributed by atoms with E-state index in [0.717, 1.165) is 58.3 Å². The van der Waals surface area contributed by atoms with Gasteiger partial charge in [0.2, 0.25) is 0 Å². The quantitative estimate of drug-likeness (QED) is 0.626. The van der Waals surface area contributed by atoms with Crippen LogP contribution in [-0.4, -0.2) is 90.2 Å². The number of carbonyl (C=O) groups is 2. The first kappa shape index (κ1) is 22.9. The molecule has 2 atom stereocenters. The van der Waals surface area contributed by atoms with Gasteiger partial charge in [-0.2, -0.15) is 0 Å². The molecule has 0 bridgehead atoms. The second-order valence-electron chi connectivity index (χ2n) is 8.45. The number of carbonyl (C=O) groups excluding carboxylic acids is 1. The van der Waals surface area contributed by atoms with E-state index in [1.807, 2.05) is 16.8 Å². The molecule has 0 saturated carbocycles. The highest BCUT2D eigenvalue weighted by atomic mass is 16.4. The van der Waals surface area contributed by atoms with Gasteiger partial charge in [-0.1, -0.05) is 26.7 Å². The van der Waals surface area contributed by atoms with Crippen LogP contribution in [0.2, 0.25) is 0 Å². The van der Waals surface area contributed by atoms with Crippen LogP contribution < -0.4 is 5.32 Å². The van der Waals surface area contributed by atoms with E-state index in [-0.39, 0.29) is 18.6 Å². The molecule has 2 heterocycles. The van der Waals surface area contributed by atoms with Crippen molar-refractivity contribution in [3.05, 3.63) is 0 Å². The Morgan fingerprint density at radius 2 is 1.75 bits per heavy atom. The molecule has 2 fully saturated rings. The predicted octanol–water partition coefficient (Wildman–Crippen LogP) is 2.47. The lowest BCUT2D eigenvalue weighted by Gasteiger charge is -2.34. The molecule has 7 nitrogen and oxygen atoms in total. The highest BCUT2D eigenvalue weighted by molar-refractivity contribution is 5.74. The van der Waals surface area contributed by atoms with Crippen LogP contribution in [0.4, 0.5) is 4.79 Å².